The average molecular weight is 275 g/mol. The van der Waals surface area contributed by atoms with Gasteiger partial charge < -0.3 is 9.72 Å². The van der Waals surface area contributed by atoms with Crippen molar-refractivity contribution < 1.29 is 17.9 Å². The number of aromatic amines is 1. The Morgan fingerprint density at radius 2 is 2.28 bits per heavy atom. The molecule has 1 aromatic heterocycles. The lowest BCUT2D eigenvalue weighted by molar-refractivity contribution is -0.139. The summed E-state index contributed by atoms with van der Waals surface area (Å²) in [5.74, 6) is -0.929. The van der Waals surface area contributed by atoms with Gasteiger partial charge in [-0.25, -0.2) is 18.1 Å². The maximum Gasteiger partial charge on any atom is 0.322 e. The number of H-pyrrole nitrogens is 1. The Bertz CT molecular complexity index is 469. The minimum absolute atomic E-state index is 0.156. The van der Waals surface area contributed by atoms with Crippen molar-refractivity contribution in [2.75, 3.05) is 12.4 Å². The SMILES string of the molecule is CCOC(=O)CS(=O)(=O)NC(CC)c1ncc[nH]1. The van der Waals surface area contributed by atoms with Crippen LogP contribution < -0.4 is 4.72 Å². The molecule has 1 atom stereocenters. The highest BCUT2D eigenvalue weighted by Crippen LogP contribution is 2.12. The molecular weight excluding hydrogens is 258 g/mol. The zero-order valence-electron chi connectivity index (χ0n) is 10.3. The van der Waals surface area contributed by atoms with Crippen LogP contribution in [-0.4, -0.2) is 36.7 Å². The third-order valence-corrected chi connectivity index (χ3v) is 3.45. The predicted molar refractivity (Wildman–Crippen MR) is 65.2 cm³/mol. The highest BCUT2D eigenvalue weighted by atomic mass is 32.2. The molecule has 1 aromatic rings. The molecule has 2 N–H and O–H groups in total. The van der Waals surface area contributed by atoms with Crippen LogP contribution in [-0.2, 0) is 19.6 Å². The van der Waals surface area contributed by atoms with E-state index in [0.717, 1.165) is 0 Å². The molecule has 0 spiro atoms. The highest BCUT2D eigenvalue weighted by Gasteiger charge is 2.23. The molecule has 0 bridgehead atoms. The number of carbonyl (C=O) groups is 1. The van der Waals surface area contributed by atoms with Crippen LogP contribution >= 0.6 is 0 Å². The zero-order valence-corrected chi connectivity index (χ0v) is 11.2. The van der Waals surface area contributed by atoms with Crippen molar-refractivity contribution in [1.82, 2.24) is 14.7 Å². The van der Waals surface area contributed by atoms with Crippen molar-refractivity contribution in [1.29, 1.82) is 0 Å². The molecular formula is C10H17N3O4S. The standard InChI is InChI=1S/C10H17N3O4S/c1-3-8(10-11-5-6-12-10)13-18(15,16)7-9(14)17-4-2/h5-6,8,13H,3-4,7H2,1-2H3,(H,11,12). The topological polar surface area (TPSA) is 101 Å². The summed E-state index contributed by atoms with van der Waals surface area (Å²) in [6, 6.07) is -0.473. The van der Waals surface area contributed by atoms with Crippen molar-refractivity contribution in [3.05, 3.63) is 18.2 Å². The molecule has 0 amide bonds. The smallest absolute Gasteiger partial charge is 0.322 e. The molecule has 0 aromatic carbocycles. The molecule has 0 saturated carbocycles. The number of esters is 1. The summed E-state index contributed by atoms with van der Waals surface area (Å²) in [4.78, 5) is 18.0. The molecule has 0 aliphatic rings. The molecule has 1 unspecified atom stereocenters. The van der Waals surface area contributed by atoms with Gasteiger partial charge in [0.1, 0.15) is 5.82 Å². The maximum absolute atomic E-state index is 11.7. The van der Waals surface area contributed by atoms with Gasteiger partial charge in [-0.05, 0) is 13.3 Å². The minimum atomic E-state index is -3.72. The third-order valence-electron chi connectivity index (χ3n) is 2.19. The lowest BCUT2D eigenvalue weighted by Gasteiger charge is -2.14. The van der Waals surface area contributed by atoms with Crippen molar-refractivity contribution >= 4 is 16.0 Å². The molecule has 8 heteroatoms. The first-order chi connectivity index (χ1) is 8.48. The number of hydrogen-bond acceptors (Lipinski definition) is 5. The number of carbonyl (C=O) groups excluding carboxylic acids is 1. The maximum atomic E-state index is 11.7. The summed E-state index contributed by atoms with van der Waals surface area (Å²) in [6.07, 6.45) is 3.67. The van der Waals surface area contributed by atoms with E-state index in [1.165, 1.54) is 6.20 Å². The van der Waals surface area contributed by atoms with Gasteiger partial charge in [0.15, 0.2) is 5.75 Å². The fourth-order valence-electron chi connectivity index (χ4n) is 1.42. The Morgan fingerprint density at radius 3 is 2.78 bits per heavy atom. The number of nitrogens with zero attached hydrogens (tertiary/aromatic N) is 1. The fraction of sp³-hybridized carbons (Fsp3) is 0.600. The molecule has 1 rings (SSSR count). The van der Waals surface area contributed by atoms with Gasteiger partial charge in [-0.3, -0.25) is 4.79 Å². The largest absolute Gasteiger partial charge is 0.465 e. The molecule has 0 aliphatic heterocycles. The molecule has 18 heavy (non-hydrogen) atoms. The Labute approximate surface area is 106 Å². The van der Waals surface area contributed by atoms with Crippen LogP contribution in [0, 0.1) is 0 Å². The van der Waals surface area contributed by atoms with Gasteiger partial charge in [0.05, 0.1) is 12.6 Å². The van der Waals surface area contributed by atoms with E-state index in [0.29, 0.717) is 12.2 Å². The van der Waals surface area contributed by atoms with E-state index in [1.54, 1.807) is 13.1 Å². The van der Waals surface area contributed by atoms with Gasteiger partial charge in [-0.2, -0.15) is 0 Å². The average Bonchev–Trinajstić information content (AvgIpc) is 2.78. The first-order valence-corrected chi connectivity index (χ1v) is 7.28. The zero-order chi connectivity index (χ0) is 13.6. The first-order valence-electron chi connectivity index (χ1n) is 5.63. The van der Waals surface area contributed by atoms with E-state index in [9.17, 15) is 13.2 Å². The van der Waals surface area contributed by atoms with Crippen molar-refractivity contribution in [2.24, 2.45) is 0 Å². The third kappa shape index (κ3) is 4.46. The molecule has 102 valence electrons. The Balaban J connectivity index is 2.66. The van der Waals surface area contributed by atoms with E-state index in [-0.39, 0.29) is 6.61 Å². The molecule has 1 heterocycles. The summed E-state index contributed by atoms with van der Waals surface area (Å²) in [5.41, 5.74) is 0. The lowest BCUT2D eigenvalue weighted by Crippen LogP contribution is -2.34. The van der Waals surface area contributed by atoms with Gasteiger partial charge >= 0.3 is 5.97 Å². The highest BCUT2D eigenvalue weighted by molar-refractivity contribution is 7.90. The van der Waals surface area contributed by atoms with Crippen LogP contribution in [0.1, 0.15) is 32.1 Å². The van der Waals surface area contributed by atoms with Crippen LogP contribution in [0.4, 0.5) is 0 Å². The van der Waals surface area contributed by atoms with Crippen LogP contribution in [0.25, 0.3) is 0 Å². The summed E-state index contributed by atoms with van der Waals surface area (Å²) >= 11 is 0. The second kappa shape index (κ2) is 6.50. The van der Waals surface area contributed by atoms with E-state index < -0.39 is 27.8 Å². The number of nitrogens with one attached hydrogen (secondary N) is 2. The van der Waals surface area contributed by atoms with Crippen LogP contribution in [0.15, 0.2) is 12.4 Å². The fourth-order valence-corrected chi connectivity index (χ4v) is 2.61. The Morgan fingerprint density at radius 1 is 1.56 bits per heavy atom. The number of sulfonamides is 1. The van der Waals surface area contributed by atoms with Gasteiger partial charge in [0, 0.05) is 12.4 Å². The van der Waals surface area contributed by atoms with Gasteiger partial charge in [-0.15, -0.1) is 0 Å². The second-order valence-corrected chi connectivity index (χ2v) is 5.37. The molecule has 0 fully saturated rings. The molecule has 0 radical (unpaired) electrons. The normalized spacial score (nSPS) is 13.2. The quantitative estimate of drug-likeness (QED) is 0.699. The van der Waals surface area contributed by atoms with Crippen LogP contribution in [0.5, 0.6) is 0 Å². The Hall–Kier alpha value is -1.41. The van der Waals surface area contributed by atoms with E-state index in [2.05, 4.69) is 19.4 Å². The number of hydrogen-bond donors (Lipinski definition) is 2. The first kappa shape index (κ1) is 14.7. The summed E-state index contributed by atoms with van der Waals surface area (Å²) in [6.45, 7) is 3.60. The van der Waals surface area contributed by atoms with Gasteiger partial charge in [0.2, 0.25) is 10.0 Å². The number of imidazole rings is 1. The van der Waals surface area contributed by atoms with E-state index in [4.69, 9.17) is 0 Å². The van der Waals surface area contributed by atoms with Gasteiger partial charge in [-0.1, -0.05) is 6.92 Å². The van der Waals surface area contributed by atoms with E-state index >= 15 is 0 Å². The monoisotopic (exact) mass is 275 g/mol. The predicted octanol–water partition coefficient (Wildman–Crippen LogP) is 0.343. The van der Waals surface area contributed by atoms with Crippen molar-refractivity contribution in [3.8, 4) is 0 Å². The lowest BCUT2D eigenvalue weighted by atomic mass is 10.2. The molecule has 0 aliphatic carbocycles. The number of aromatic nitrogens is 2. The minimum Gasteiger partial charge on any atom is -0.465 e. The molecule has 0 saturated heterocycles. The molecule has 7 nitrogen and oxygen atoms in total. The number of rotatable bonds is 7. The summed E-state index contributed by atoms with van der Waals surface area (Å²) in [5, 5.41) is 0. The Kier molecular flexibility index (Phi) is 5.29. The summed E-state index contributed by atoms with van der Waals surface area (Å²) < 4.78 is 30.5. The van der Waals surface area contributed by atoms with Crippen molar-refractivity contribution in [3.63, 3.8) is 0 Å². The number of ether oxygens (including phenoxy) is 1. The van der Waals surface area contributed by atoms with Crippen LogP contribution in [0.2, 0.25) is 0 Å². The van der Waals surface area contributed by atoms with Crippen molar-refractivity contribution in [2.45, 2.75) is 26.3 Å². The second-order valence-electron chi connectivity index (χ2n) is 3.62. The van der Waals surface area contributed by atoms with E-state index in [1.807, 2.05) is 6.92 Å². The summed E-state index contributed by atoms with van der Waals surface area (Å²) in [7, 11) is -3.72. The van der Waals surface area contributed by atoms with Gasteiger partial charge in [0.25, 0.3) is 0 Å². The van der Waals surface area contributed by atoms with Crippen LogP contribution in [0.3, 0.4) is 0 Å².